The fourth-order valence-electron chi connectivity index (χ4n) is 1.99. The van der Waals surface area contributed by atoms with Crippen LogP contribution in [0.2, 0.25) is 0 Å². The van der Waals surface area contributed by atoms with Crippen LogP contribution in [-0.4, -0.2) is 29.0 Å². The topological polar surface area (TPSA) is 77.2 Å². The Hall–Kier alpha value is -2.80. The zero-order chi connectivity index (χ0) is 16.8. The van der Waals surface area contributed by atoms with E-state index in [4.69, 9.17) is 9.15 Å². The van der Waals surface area contributed by atoms with Gasteiger partial charge in [-0.05, 0) is 24.3 Å². The first-order valence-electron chi connectivity index (χ1n) is 7.20. The lowest BCUT2D eigenvalue weighted by Gasteiger charge is -2.05. The number of ether oxygens (including phenoxy) is 1. The van der Waals surface area contributed by atoms with E-state index in [1.54, 1.807) is 19.2 Å². The maximum atomic E-state index is 12.0. The van der Waals surface area contributed by atoms with E-state index in [9.17, 15) is 4.79 Å². The highest BCUT2D eigenvalue weighted by Gasteiger charge is 2.11. The highest BCUT2D eigenvalue weighted by atomic mass is 32.2. The summed E-state index contributed by atoms with van der Waals surface area (Å²) in [6.45, 7) is 0. The van der Waals surface area contributed by atoms with Crippen molar-refractivity contribution >= 4 is 23.4 Å². The lowest BCUT2D eigenvalue weighted by molar-refractivity contribution is -0.113. The van der Waals surface area contributed by atoms with E-state index in [0.717, 1.165) is 5.56 Å². The minimum Gasteiger partial charge on any atom is -0.497 e. The van der Waals surface area contributed by atoms with Crippen LogP contribution in [0, 0.1) is 0 Å². The second-order valence-corrected chi connectivity index (χ2v) is 5.73. The van der Waals surface area contributed by atoms with Crippen LogP contribution in [0.15, 0.2) is 64.2 Å². The molecule has 0 atom stereocenters. The molecule has 0 aliphatic carbocycles. The summed E-state index contributed by atoms with van der Waals surface area (Å²) in [5, 5.41) is 11.1. The predicted octanol–water partition coefficient (Wildman–Crippen LogP) is 3.48. The predicted molar refractivity (Wildman–Crippen MR) is 92.1 cm³/mol. The number of nitrogens with one attached hydrogen (secondary N) is 1. The number of amides is 1. The Kier molecular flexibility index (Phi) is 5.12. The Morgan fingerprint density at radius 1 is 1.17 bits per heavy atom. The zero-order valence-corrected chi connectivity index (χ0v) is 13.7. The van der Waals surface area contributed by atoms with Gasteiger partial charge in [-0.25, -0.2) is 0 Å². The highest BCUT2D eigenvalue weighted by Crippen LogP contribution is 2.23. The first-order valence-corrected chi connectivity index (χ1v) is 8.19. The average molecular weight is 341 g/mol. The quantitative estimate of drug-likeness (QED) is 0.692. The lowest BCUT2D eigenvalue weighted by Crippen LogP contribution is -2.13. The van der Waals surface area contributed by atoms with Crippen molar-refractivity contribution in [2.75, 3.05) is 18.2 Å². The smallest absolute Gasteiger partial charge is 0.277 e. The number of anilines is 1. The first-order chi connectivity index (χ1) is 11.7. The van der Waals surface area contributed by atoms with Crippen LogP contribution < -0.4 is 10.1 Å². The molecule has 1 N–H and O–H groups in total. The summed E-state index contributed by atoms with van der Waals surface area (Å²) in [5.41, 5.74) is 1.52. The Labute approximate surface area is 143 Å². The molecule has 0 saturated carbocycles. The van der Waals surface area contributed by atoms with E-state index >= 15 is 0 Å². The van der Waals surface area contributed by atoms with Crippen LogP contribution in [0.1, 0.15) is 0 Å². The maximum absolute atomic E-state index is 12.0. The number of hydrogen-bond acceptors (Lipinski definition) is 6. The second kappa shape index (κ2) is 7.65. The molecule has 0 aliphatic heterocycles. The molecule has 0 saturated heterocycles. The SMILES string of the molecule is COc1cccc(NC(=O)CSc2nnc(-c3ccccc3)o2)c1. The number of thioether (sulfide) groups is 1. The number of carbonyl (C=O) groups excluding carboxylic acids is 1. The van der Waals surface area contributed by atoms with E-state index in [-0.39, 0.29) is 11.7 Å². The van der Waals surface area contributed by atoms with Crippen LogP contribution >= 0.6 is 11.8 Å². The maximum Gasteiger partial charge on any atom is 0.277 e. The van der Waals surface area contributed by atoms with Crippen molar-refractivity contribution in [3.63, 3.8) is 0 Å². The van der Waals surface area contributed by atoms with Gasteiger partial charge in [0.2, 0.25) is 11.8 Å². The fraction of sp³-hybridized carbons (Fsp3) is 0.118. The van der Waals surface area contributed by atoms with Gasteiger partial charge in [-0.15, -0.1) is 10.2 Å². The van der Waals surface area contributed by atoms with Crippen LogP contribution in [0.5, 0.6) is 5.75 Å². The van der Waals surface area contributed by atoms with Gasteiger partial charge >= 0.3 is 0 Å². The number of methoxy groups -OCH3 is 1. The third kappa shape index (κ3) is 4.14. The van der Waals surface area contributed by atoms with Gasteiger partial charge in [-0.1, -0.05) is 36.0 Å². The van der Waals surface area contributed by atoms with E-state index in [1.807, 2.05) is 42.5 Å². The average Bonchev–Trinajstić information content (AvgIpc) is 3.10. The van der Waals surface area contributed by atoms with Crippen molar-refractivity contribution in [2.24, 2.45) is 0 Å². The molecule has 3 aromatic rings. The highest BCUT2D eigenvalue weighted by molar-refractivity contribution is 7.99. The molecule has 0 aliphatic rings. The van der Waals surface area contributed by atoms with Gasteiger partial charge in [0.1, 0.15) is 5.75 Å². The van der Waals surface area contributed by atoms with Gasteiger partial charge in [-0.2, -0.15) is 0 Å². The van der Waals surface area contributed by atoms with Crippen LogP contribution in [0.4, 0.5) is 5.69 Å². The van der Waals surface area contributed by atoms with E-state index in [0.29, 0.717) is 22.6 Å². The summed E-state index contributed by atoms with van der Waals surface area (Å²) in [4.78, 5) is 12.0. The standard InChI is InChI=1S/C17H15N3O3S/c1-22-14-9-5-8-13(10-14)18-15(21)11-24-17-20-19-16(23-17)12-6-3-2-4-7-12/h2-10H,11H2,1H3,(H,18,21). The molecule has 0 bridgehead atoms. The number of hydrogen-bond donors (Lipinski definition) is 1. The number of rotatable bonds is 6. The van der Waals surface area contributed by atoms with Crippen molar-refractivity contribution in [1.29, 1.82) is 0 Å². The monoisotopic (exact) mass is 341 g/mol. The molecule has 7 heteroatoms. The third-order valence-corrected chi connectivity index (χ3v) is 3.93. The van der Waals surface area contributed by atoms with Crippen molar-refractivity contribution in [1.82, 2.24) is 10.2 Å². The third-order valence-electron chi connectivity index (χ3n) is 3.11. The van der Waals surface area contributed by atoms with E-state index in [1.165, 1.54) is 11.8 Å². The van der Waals surface area contributed by atoms with E-state index in [2.05, 4.69) is 15.5 Å². The summed E-state index contributed by atoms with van der Waals surface area (Å²) in [6.07, 6.45) is 0. The fourth-order valence-corrected chi connectivity index (χ4v) is 2.55. The molecule has 3 rings (SSSR count). The second-order valence-electron chi connectivity index (χ2n) is 4.81. The van der Waals surface area contributed by atoms with Gasteiger partial charge in [0.25, 0.3) is 5.22 Å². The van der Waals surface area contributed by atoms with Crippen LogP contribution in [0.25, 0.3) is 11.5 Å². The molecule has 6 nitrogen and oxygen atoms in total. The van der Waals surface area contributed by atoms with Crippen molar-refractivity contribution < 1.29 is 13.9 Å². The molecule has 0 radical (unpaired) electrons. The lowest BCUT2D eigenvalue weighted by atomic mass is 10.2. The molecule has 0 fully saturated rings. The normalized spacial score (nSPS) is 10.4. The summed E-state index contributed by atoms with van der Waals surface area (Å²) >= 11 is 1.19. The molecule has 1 amide bonds. The molecule has 2 aromatic carbocycles. The summed E-state index contributed by atoms with van der Waals surface area (Å²) in [5.74, 6) is 1.14. The number of aromatic nitrogens is 2. The van der Waals surface area contributed by atoms with Gasteiger partial charge in [0.15, 0.2) is 0 Å². The summed E-state index contributed by atoms with van der Waals surface area (Å²) < 4.78 is 10.7. The minimum atomic E-state index is -0.160. The molecule has 0 spiro atoms. The molecule has 24 heavy (non-hydrogen) atoms. The molecular formula is C17H15N3O3S. The van der Waals surface area contributed by atoms with Gasteiger partial charge in [-0.3, -0.25) is 4.79 Å². The molecule has 0 unspecified atom stereocenters. The molecular weight excluding hydrogens is 326 g/mol. The van der Waals surface area contributed by atoms with Gasteiger partial charge < -0.3 is 14.5 Å². The van der Waals surface area contributed by atoms with Gasteiger partial charge in [0, 0.05) is 17.3 Å². The molecule has 122 valence electrons. The van der Waals surface area contributed by atoms with Crippen LogP contribution in [-0.2, 0) is 4.79 Å². The van der Waals surface area contributed by atoms with E-state index < -0.39 is 0 Å². The van der Waals surface area contributed by atoms with Crippen molar-refractivity contribution in [2.45, 2.75) is 5.22 Å². The Morgan fingerprint density at radius 2 is 2.00 bits per heavy atom. The summed E-state index contributed by atoms with van der Waals surface area (Å²) in [6, 6.07) is 16.7. The van der Waals surface area contributed by atoms with Crippen molar-refractivity contribution in [3.8, 4) is 17.2 Å². The summed E-state index contributed by atoms with van der Waals surface area (Å²) in [7, 11) is 1.58. The number of benzene rings is 2. The molecule has 1 heterocycles. The molecule has 1 aromatic heterocycles. The number of carbonyl (C=O) groups is 1. The Balaban J connectivity index is 1.56. The Bertz CT molecular complexity index is 821. The van der Waals surface area contributed by atoms with Gasteiger partial charge in [0.05, 0.1) is 12.9 Å². The minimum absolute atomic E-state index is 0.160. The number of nitrogens with zero attached hydrogens (tertiary/aromatic N) is 2. The van der Waals surface area contributed by atoms with Crippen LogP contribution in [0.3, 0.4) is 0 Å². The largest absolute Gasteiger partial charge is 0.497 e. The van der Waals surface area contributed by atoms with Crippen molar-refractivity contribution in [3.05, 3.63) is 54.6 Å². The Morgan fingerprint density at radius 3 is 2.79 bits per heavy atom. The first kappa shape index (κ1) is 16.1. The zero-order valence-electron chi connectivity index (χ0n) is 12.9.